The third-order valence-corrected chi connectivity index (χ3v) is 4.94. The number of hydrogen-bond acceptors (Lipinski definition) is 4. The summed E-state index contributed by atoms with van der Waals surface area (Å²) in [5, 5.41) is 0.315. The summed E-state index contributed by atoms with van der Waals surface area (Å²) < 4.78 is 2.33. The molecular weight excluding hydrogens is 332 g/mol. The highest BCUT2D eigenvalue weighted by atomic mass is 16.2. The second-order valence-electron chi connectivity index (χ2n) is 6.52. The molecule has 3 aromatic rings. The molecule has 4 rings (SSSR count). The number of nitrogens with zero attached hydrogens (tertiary/aromatic N) is 4. The van der Waals surface area contributed by atoms with Crippen molar-refractivity contribution in [3.05, 3.63) is 74.1 Å². The van der Waals surface area contributed by atoms with Crippen molar-refractivity contribution < 1.29 is 4.79 Å². The Morgan fingerprint density at radius 1 is 1.00 bits per heavy atom. The zero-order valence-electron chi connectivity index (χ0n) is 14.6. The number of hydrogen-bond donors (Lipinski definition) is 0. The van der Waals surface area contributed by atoms with Gasteiger partial charge in [-0.25, -0.2) is 9.78 Å². The lowest BCUT2D eigenvalue weighted by Crippen LogP contribution is -2.38. The Morgan fingerprint density at radius 2 is 1.73 bits per heavy atom. The number of carbonyl (C=O) groups excluding carboxylic acids is 1. The molecule has 7 nitrogen and oxygen atoms in total. The van der Waals surface area contributed by atoms with Gasteiger partial charge in [0, 0.05) is 27.2 Å². The largest absolute Gasteiger partial charge is 0.333 e. The highest BCUT2D eigenvalue weighted by Crippen LogP contribution is 2.20. The first-order valence-electron chi connectivity index (χ1n) is 8.40. The molecule has 0 unspecified atom stereocenters. The van der Waals surface area contributed by atoms with E-state index in [2.05, 4.69) is 11.1 Å². The highest BCUT2D eigenvalue weighted by Gasteiger charge is 2.23. The lowest BCUT2D eigenvalue weighted by Gasteiger charge is -2.28. The van der Waals surface area contributed by atoms with Crippen LogP contribution in [0.4, 0.5) is 0 Å². The quantitative estimate of drug-likeness (QED) is 0.651. The lowest BCUT2D eigenvalue weighted by molar-refractivity contribution is 0.0729. The molecule has 26 heavy (non-hydrogen) atoms. The summed E-state index contributed by atoms with van der Waals surface area (Å²) in [4.78, 5) is 43.3. The SMILES string of the molecule is Cn1c(=O)c2ccc(C(=O)N3CCc4ccccc4C3)nc2n(C)c1=O. The molecule has 0 spiro atoms. The van der Waals surface area contributed by atoms with E-state index >= 15 is 0 Å². The predicted octanol–water partition coefficient (Wildman–Crippen LogP) is 0.831. The number of benzene rings is 1. The van der Waals surface area contributed by atoms with E-state index in [9.17, 15) is 14.4 Å². The second-order valence-corrected chi connectivity index (χ2v) is 6.52. The van der Waals surface area contributed by atoms with Gasteiger partial charge in [-0.3, -0.25) is 18.7 Å². The van der Waals surface area contributed by atoms with E-state index in [-0.39, 0.29) is 17.2 Å². The van der Waals surface area contributed by atoms with Gasteiger partial charge in [-0.15, -0.1) is 0 Å². The monoisotopic (exact) mass is 350 g/mol. The van der Waals surface area contributed by atoms with E-state index < -0.39 is 11.2 Å². The molecule has 1 amide bonds. The summed E-state index contributed by atoms with van der Waals surface area (Å²) >= 11 is 0. The zero-order chi connectivity index (χ0) is 18.4. The van der Waals surface area contributed by atoms with Crippen LogP contribution in [0.1, 0.15) is 21.6 Å². The molecule has 1 aliphatic heterocycles. The van der Waals surface area contributed by atoms with Crippen molar-refractivity contribution in [2.45, 2.75) is 13.0 Å². The van der Waals surface area contributed by atoms with Crippen molar-refractivity contribution >= 4 is 16.9 Å². The Bertz CT molecular complexity index is 1160. The molecule has 2 aromatic heterocycles. The molecule has 1 aliphatic rings. The third kappa shape index (κ3) is 2.44. The van der Waals surface area contributed by atoms with Crippen LogP contribution < -0.4 is 11.2 Å². The lowest BCUT2D eigenvalue weighted by atomic mass is 10.00. The number of amides is 1. The smallest absolute Gasteiger partial charge is 0.332 e. The van der Waals surface area contributed by atoms with Crippen molar-refractivity contribution in [2.75, 3.05) is 6.54 Å². The second kappa shape index (κ2) is 5.94. The third-order valence-electron chi connectivity index (χ3n) is 4.94. The molecule has 0 radical (unpaired) electrons. The van der Waals surface area contributed by atoms with Gasteiger partial charge < -0.3 is 4.90 Å². The van der Waals surface area contributed by atoms with E-state index in [1.54, 1.807) is 24.1 Å². The fraction of sp³-hybridized carbons (Fsp3) is 0.263. The molecule has 132 valence electrons. The Hall–Kier alpha value is -3.22. The number of fused-ring (bicyclic) bond motifs is 2. The van der Waals surface area contributed by atoms with Gasteiger partial charge in [0.25, 0.3) is 11.5 Å². The van der Waals surface area contributed by atoms with E-state index in [1.165, 1.54) is 17.2 Å². The average molecular weight is 350 g/mol. The summed E-state index contributed by atoms with van der Waals surface area (Å²) in [5.74, 6) is -0.200. The van der Waals surface area contributed by atoms with Crippen LogP contribution in [-0.4, -0.2) is 31.5 Å². The van der Waals surface area contributed by atoms with Gasteiger partial charge in [0.2, 0.25) is 0 Å². The van der Waals surface area contributed by atoms with Crippen LogP contribution in [0.2, 0.25) is 0 Å². The molecule has 0 aliphatic carbocycles. The van der Waals surface area contributed by atoms with Crippen molar-refractivity contribution in [2.24, 2.45) is 14.1 Å². The van der Waals surface area contributed by atoms with Crippen LogP contribution in [0.25, 0.3) is 11.0 Å². The van der Waals surface area contributed by atoms with Crippen LogP contribution in [-0.2, 0) is 27.1 Å². The first kappa shape index (κ1) is 16.3. The number of carbonyl (C=O) groups is 1. The maximum absolute atomic E-state index is 12.9. The molecule has 0 saturated heterocycles. The first-order valence-corrected chi connectivity index (χ1v) is 8.40. The van der Waals surface area contributed by atoms with Crippen LogP contribution >= 0.6 is 0 Å². The summed E-state index contributed by atoms with van der Waals surface area (Å²) in [6.45, 7) is 1.15. The highest BCUT2D eigenvalue weighted by molar-refractivity contribution is 5.94. The molecule has 0 N–H and O–H groups in total. The molecule has 0 saturated carbocycles. The molecule has 0 atom stereocenters. The zero-order valence-corrected chi connectivity index (χ0v) is 14.6. The Morgan fingerprint density at radius 3 is 2.50 bits per heavy atom. The Balaban J connectivity index is 1.75. The van der Waals surface area contributed by atoms with Gasteiger partial charge in [0.05, 0.1) is 5.39 Å². The Kier molecular flexibility index (Phi) is 3.72. The molecule has 7 heteroatoms. The fourth-order valence-electron chi connectivity index (χ4n) is 3.40. The van der Waals surface area contributed by atoms with E-state index in [0.29, 0.717) is 18.5 Å². The molecule has 3 heterocycles. The maximum atomic E-state index is 12.9. The Labute approximate surface area is 149 Å². The van der Waals surface area contributed by atoms with Gasteiger partial charge in [-0.05, 0) is 29.7 Å². The predicted molar refractivity (Wildman–Crippen MR) is 97.1 cm³/mol. The van der Waals surface area contributed by atoms with Crippen molar-refractivity contribution in [1.29, 1.82) is 0 Å². The molecule has 0 fully saturated rings. The minimum absolute atomic E-state index is 0.200. The minimum atomic E-state index is -0.466. The number of aryl methyl sites for hydroxylation is 1. The topological polar surface area (TPSA) is 77.2 Å². The van der Waals surface area contributed by atoms with Crippen molar-refractivity contribution in [1.82, 2.24) is 19.0 Å². The van der Waals surface area contributed by atoms with E-state index in [1.807, 2.05) is 18.2 Å². The van der Waals surface area contributed by atoms with Crippen LogP contribution in [0.5, 0.6) is 0 Å². The van der Waals surface area contributed by atoms with Gasteiger partial charge >= 0.3 is 5.69 Å². The normalized spacial score (nSPS) is 13.7. The summed E-state index contributed by atoms with van der Waals surface area (Å²) in [6.07, 6.45) is 0.800. The van der Waals surface area contributed by atoms with Crippen LogP contribution in [0.3, 0.4) is 0 Å². The van der Waals surface area contributed by atoms with Gasteiger partial charge in [0.1, 0.15) is 11.3 Å². The average Bonchev–Trinajstić information content (AvgIpc) is 2.69. The maximum Gasteiger partial charge on any atom is 0.332 e. The van der Waals surface area contributed by atoms with Gasteiger partial charge in [0.15, 0.2) is 0 Å². The number of pyridine rings is 1. The van der Waals surface area contributed by atoms with Crippen LogP contribution in [0, 0.1) is 0 Å². The molecule has 0 bridgehead atoms. The number of rotatable bonds is 1. The minimum Gasteiger partial charge on any atom is -0.333 e. The van der Waals surface area contributed by atoms with E-state index in [4.69, 9.17) is 0 Å². The molecular formula is C19H18N4O3. The summed E-state index contributed by atoms with van der Waals surface area (Å²) in [6, 6.07) is 11.2. The van der Waals surface area contributed by atoms with Crippen LogP contribution in [0.15, 0.2) is 46.0 Å². The van der Waals surface area contributed by atoms with Gasteiger partial charge in [-0.2, -0.15) is 0 Å². The standard InChI is InChI=1S/C19H18N4O3/c1-21-16-14(17(24)22(2)19(21)26)7-8-15(20-16)18(25)23-10-9-12-5-3-4-6-13(12)11-23/h3-8H,9-11H2,1-2H3. The van der Waals surface area contributed by atoms with E-state index in [0.717, 1.165) is 16.6 Å². The summed E-state index contributed by atoms with van der Waals surface area (Å²) in [5.41, 5.74) is 1.97. The fourth-order valence-corrected chi connectivity index (χ4v) is 3.40. The molecule has 1 aromatic carbocycles. The summed E-state index contributed by atoms with van der Waals surface area (Å²) in [7, 11) is 2.97. The van der Waals surface area contributed by atoms with Crippen molar-refractivity contribution in [3.8, 4) is 0 Å². The first-order chi connectivity index (χ1) is 12.5. The van der Waals surface area contributed by atoms with Gasteiger partial charge in [-0.1, -0.05) is 24.3 Å². The van der Waals surface area contributed by atoms with Crippen molar-refractivity contribution in [3.63, 3.8) is 0 Å². The number of aromatic nitrogens is 3.